The summed E-state index contributed by atoms with van der Waals surface area (Å²) in [5.41, 5.74) is 7.78. The van der Waals surface area contributed by atoms with E-state index in [1.807, 2.05) is 18.2 Å². The molecule has 1 aliphatic heterocycles. The fraction of sp³-hybridized carbons (Fsp3) is 0.435. The number of aromatic nitrogens is 2. The summed E-state index contributed by atoms with van der Waals surface area (Å²) in [5.74, 6) is -0.0473. The lowest BCUT2D eigenvalue weighted by Crippen LogP contribution is -2.41. The third-order valence-corrected chi connectivity index (χ3v) is 6.81. The van der Waals surface area contributed by atoms with Gasteiger partial charge in [0.1, 0.15) is 0 Å². The number of carbonyl (C=O) groups excluding carboxylic acids is 1. The van der Waals surface area contributed by atoms with Crippen LogP contribution in [0.15, 0.2) is 42.6 Å². The number of carbonyl (C=O) groups is 1. The Hall–Kier alpha value is -3.00. The summed E-state index contributed by atoms with van der Waals surface area (Å²) in [6, 6.07) is 8.00. The largest absolute Gasteiger partial charge is 0.369 e. The summed E-state index contributed by atoms with van der Waals surface area (Å²) in [4.78, 5) is 20.3. The molecule has 1 aromatic carbocycles. The first-order chi connectivity index (χ1) is 15.1. The fourth-order valence-electron chi connectivity index (χ4n) is 5.22. The molecule has 2 heterocycles. The van der Waals surface area contributed by atoms with Gasteiger partial charge in [-0.1, -0.05) is 24.3 Å². The first-order valence-corrected chi connectivity index (χ1v) is 10.9. The number of hydrogen-bond donors (Lipinski definition) is 4. The minimum atomic E-state index is -0.554. The standard InChI is InChI=1S/C23H27FN6O/c24-18-12-27-23(28-17-5-3-13(4-6-17)14-7-9-26-10-8-14)30-22(18)29-20-16-2-1-15(11-16)19(20)21(25)31/h1-6,12,14-16,19-20,26H,7-11H2,(H2,25,31)(H2,27,28,29,30)/t15-,16+,19+,20-/m1/s1. The van der Waals surface area contributed by atoms with E-state index < -0.39 is 5.82 Å². The van der Waals surface area contributed by atoms with Crippen molar-refractivity contribution in [2.24, 2.45) is 23.5 Å². The van der Waals surface area contributed by atoms with Crippen LogP contribution in [0.25, 0.3) is 0 Å². The van der Waals surface area contributed by atoms with Crippen LogP contribution in [0.4, 0.5) is 21.8 Å². The van der Waals surface area contributed by atoms with Crippen LogP contribution < -0.4 is 21.7 Å². The Bertz CT molecular complexity index is 988. The van der Waals surface area contributed by atoms with E-state index in [0.29, 0.717) is 11.9 Å². The highest BCUT2D eigenvalue weighted by atomic mass is 19.1. The molecule has 8 heteroatoms. The average molecular weight is 423 g/mol. The summed E-state index contributed by atoms with van der Waals surface area (Å²) in [5, 5.41) is 9.66. The van der Waals surface area contributed by atoms with Gasteiger partial charge in [-0.15, -0.1) is 0 Å². The zero-order valence-electron chi connectivity index (χ0n) is 17.2. The van der Waals surface area contributed by atoms with Crippen molar-refractivity contribution in [2.75, 3.05) is 23.7 Å². The van der Waals surface area contributed by atoms with Gasteiger partial charge >= 0.3 is 0 Å². The van der Waals surface area contributed by atoms with Gasteiger partial charge in [0.05, 0.1) is 12.1 Å². The second-order valence-corrected chi connectivity index (χ2v) is 8.71. The Morgan fingerprint density at radius 2 is 1.87 bits per heavy atom. The van der Waals surface area contributed by atoms with E-state index in [1.165, 1.54) is 5.56 Å². The number of benzene rings is 1. The van der Waals surface area contributed by atoms with Gasteiger partial charge in [0.15, 0.2) is 11.6 Å². The number of anilines is 3. The summed E-state index contributed by atoms with van der Waals surface area (Å²) >= 11 is 0. The molecular formula is C23H27FN6O. The van der Waals surface area contributed by atoms with Gasteiger partial charge in [0.2, 0.25) is 11.9 Å². The molecule has 0 spiro atoms. The van der Waals surface area contributed by atoms with Crippen LogP contribution in [-0.2, 0) is 4.79 Å². The number of amides is 1. The van der Waals surface area contributed by atoms with Crippen molar-refractivity contribution in [1.29, 1.82) is 0 Å². The Balaban J connectivity index is 1.30. The topological polar surface area (TPSA) is 105 Å². The number of hydrogen-bond acceptors (Lipinski definition) is 6. The molecule has 162 valence electrons. The number of rotatable bonds is 6. The third-order valence-electron chi connectivity index (χ3n) is 6.81. The van der Waals surface area contributed by atoms with E-state index in [9.17, 15) is 9.18 Å². The molecule has 2 aromatic rings. The fourth-order valence-corrected chi connectivity index (χ4v) is 5.22. The highest BCUT2D eigenvalue weighted by molar-refractivity contribution is 5.79. The molecule has 1 saturated heterocycles. The molecule has 1 saturated carbocycles. The predicted octanol–water partition coefficient (Wildman–Crippen LogP) is 2.91. The molecule has 4 atom stereocenters. The molecule has 1 amide bonds. The Morgan fingerprint density at radius 3 is 2.61 bits per heavy atom. The monoisotopic (exact) mass is 422 g/mol. The molecular weight excluding hydrogens is 395 g/mol. The highest BCUT2D eigenvalue weighted by Crippen LogP contribution is 2.44. The molecule has 5 rings (SSSR count). The Kier molecular flexibility index (Phi) is 5.31. The van der Waals surface area contributed by atoms with E-state index in [4.69, 9.17) is 5.73 Å². The number of nitrogens with zero attached hydrogens (tertiary/aromatic N) is 2. The predicted molar refractivity (Wildman–Crippen MR) is 117 cm³/mol. The summed E-state index contributed by atoms with van der Waals surface area (Å²) in [7, 11) is 0. The van der Waals surface area contributed by atoms with E-state index in [0.717, 1.165) is 44.2 Å². The lowest BCUT2D eigenvalue weighted by Gasteiger charge is -2.27. The van der Waals surface area contributed by atoms with Gasteiger partial charge in [-0.2, -0.15) is 4.98 Å². The van der Waals surface area contributed by atoms with Crippen molar-refractivity contribution < 1.29 is 9.18 Å². The summed E-state index contributed by atoms with van der Waals surface area (Å²) in [6.07, 6.45) is 8.40. The van der Waals surface area contributed by atoms with Crippen LogP contribution in [0.5, 0.6) is 0 Å². The Labute approximate surface area is 180 Å². The SMILES string of the molecule is NC(=O)[C@@H]1[C@H](Nc2nc(Nc3ccc(C4CCNCC4)cc3)ncc2F)[C@H]2C=C[C@@H]1C2. The number of primary amides is 1. The first-order valence-electron chi connectivity index (χ1n) is 10.9. The number of allylic oxidation sites excluding steroid dienone is 1. The maximum absolute atomic E-state index is 14.4. The van der Waals surface area contributed by atoms with Crippen molar-refractivity contribution >= 4 is 23.4 Å². The maximum Gasteiger partial charge on any atom is 0.229 e. The number of fused-ring (bicyclic) bond motifs is 2. The van der Waals surface area contributed by atoms with Crippen molar-refractivity contribution in [3.8, 4) is 0 Å². The normalized spacial score (nSPS) is 27.4. The second kappa shape index (κ2) is 8.26. The van der Waals surface area contributed by atoms with Gasteiger partial charge in [0, 0.05) is 11.7 Å². The quantitative estimate of drug-likeness (QED) is 0.534. The molecule has 3 aliphatic rings. The molecule has 31 heavy (non-hydrogen) atoms. The number of halogens is 1. The van der Waals surface area contributed by atoms with Crippen LogP contribution in [0, 0.1) is 23.6 Å². The Morgan fingerprint density at radius 1 is 1.13 bits per heavy atom. The third kappa shape index (κ3) is 3.99. The van der Waals surface area contributed by atoms with Crippen LogP contribution in [0.2, 0.25) is 0 Å². The number of nitrogens with two attached hydrogens (primary N) is 1. The van der Waals surface area contributed by atoms with Crippen molar-refractivity contribution in [2.45, 2.75) is 31.2 Å². The highest BCUT2D eigenvalue weighted by Gasteiger charge is 2.47. The van der Waals surface area contributed by atoms with Crippen molar-refractivity contribution in [3.05, 3.63) is 54.0 Å². The van der Waals surface area contributed by atoms with Crippen LogP contribution >= 0.6 is 0 Å². The second-order valence-electron chi connectivity index (χ2n) is 8.71. The molecule has 7 nitrogen and oxygen atoms in total. The van der Waals surface area contributed by atoms with E-state index in [-0.39, 0.29) is 35.5 Å². The summed E-state index contributed by atoms with van der Waals surface area (Å²) < 4.78 is 14.4. The molecule has 0 radical (unpaired) electrons. The zero-order chi connectivity index (χ0) is 21.4. The average Bonchev–Trinajstić information content (AvgIpc) is 3.39. The van der Waals surface area contributed by atoms with Gasteiger partial charge in [0.25, 0.3) is 0 Å². The zero-order valence-corrected chi connectivity index (χ0v) is 17.2. The molecule has 5 N–H and O–H groups in total. The first kappa shape index (κ1) is 19.9. The van der Waals surface area contributed by atoms with Crippen molar-refractivity contribution in [3.63, 3.8) is 0 Å². The molecule has 2 bridgehead atoms. The van der Waals surface area contributed by atoms with Gasteiger partial charge in [-0.05, 0) is 67.8 Å². The van der Waals surface area contributed by atoms with E-state index in [1.54, 1.807) is 0 Å². The lowest BCUT2D eigenvalue weighted by atomic mass is 9.88. The van der Waals surface area contributed by atoms with Crippen LogP contribution in [0.1, 0.15) is 30.7 Å². The van der Waals surface area contributed by atoms with Gasteiger partial charge < -0.3 is 21.7 Å². The number of piperidine rings is 1. The van der Waals surface area contributed by atoms with E-state index >= 15 is 0 Å². The molecule has 0 unspecified atom stereocenters. The van der Waals surface area contributed by atoms with Crippen molar-refractivity contribution in [1.82, 2.24) is 15.3 Å². The van der Waals surface area contributed by atoms with Gasteiger partial charge in [-0.3, -0.25) is 4.79 Å². The smallest absolute Gasteiger partial charge is 0.229 e. The van der Waals surface area contributed by atoms with Gasteiger partial charge in [-0.25, -0.2) is 9.37 Å². The minimum Gasteiger partial charge on any atom is -0.369 e. The summed E-state index contributed by atoms with van der Waals surface area (Å²) in [6.45, 7) is 2.11. The molecule has 2 aliphatic carbocycles. The molecule has 2 fully saturated rings. The number of nitrogens with one attached hydrogen (secondary N) is 3. The van der Waals surface area contributed by atoms with Crippen LogP contribution in [-0.4, -0.2) is 35.0 Å². The minimum absolute atomic E-state index is 0.0843. The maximum atomic E-state index is 14.4. The molecule has 1 aromatic heterocycles. The van der Waals surface area contributed by atoms with E-state index in [2.05, 4.69) is 44.1 Å². The van der Waals surface area contributed by atoms with Crippen LogP contribution in [0.3, 0.4) is 0 Å². The lowest BCUT2D eigenvalue weighted by molar-refractivity contribution is -0.122.